The Morgan fingerprint density at radius 1 is 1.55 bits per heavy atom. The smallest absolute Gasteiger partial charge is 0.127 e. The van der Waals surface area contributed by atoms with E-state index in [4.69, 9.17) is 0 Å². The van der Waals surface area contributed by atoms with Crippen LogP contribution in [-0.4, -0.2) is 29.7 Å². The summed E-state index contributed by atoms with van der Waals surface area (Å²) in [6, 6.07) is 0.683. The number of hydrogen-bond donors (Lipinski definition) is 0. The molecule has 0 radical (unpaired) electrons. The van der Waals surface area contributed by atoms with Crippen molar-refractivity contribution in [1.29, 1.82) is 0 Å². The number of hydrogen-bond acceptors (Lipinski definition) is 1. The van der Waals surface area contributed by atoms with Crippen LogP contribution < -0.4 is 0 Å². The molecule has 0 aromatic heterocycles. The lowest BCUT2D eigenvalue weighted by Gasteiger charge is -2.23. The Bertz CT molecular complexity index is 171. The van der Waals surface area contributed by atoms with Gasteiger partial charge in [0.15, 0.2) is 0 Å². The van der Waals surface area contributed by atoms with Crippen LogP contribution in [0.1, 0.15) is 32.6 Å². The predicted molar refractivity (Wildman–Crippen MR) is 43.3 cm³/mol. The molecule has 2 aliphatic rings. The maximum atomic E-state index is 14.0. The molecule has 2 rings (SSSR count). The molecule has 0 aromatic carbocycles. The van der Waals surface area contributed by atoms with Gasteiger partial charge in [-0.2, -0.15) is 0 Å². The molecule has 1 heterocycles. The summed E-state index contributed by atoms with van der Waals surface area (Å²) in [5.74, 6) is 0. The van der Waals surface area contributed by atoms with Crippen molar-refractivity contribution in [3.05, 3.63) is 0 Å². The van der Waals surface area contributed by atoms with Crippen molar-refractivity contribution in [2.45, 2.75) is 50.4 Å². The largest absolute Gasteiger partial charge is 0.297 e. The Kier molecular flexibility index (Phi) is 1.50. The highest BCUT2D eigenvalue weighted by molar-refractivity contribution is 5.06. The van der Waals surface area contributed by atoms with E-state index in [1.54, 1.807) is 0 Å². The average molecular weight is 157 g/mol. The molecule has 1 aliphatic carbocycles. The van der Waals surface area contributed by atoms with Gasteiger partial charge >= 0.3 is 0 Å². The van der Waals surface area contributed by atoms with Gasteiger partial charge in [0.05, 0.1) is 0 Å². The van der Waals surface area contributed by atoms with Gasteiger partial charge in [-0.15, -0.1) is 0 Å². The third-order valence-electron chi connectivity index (χ3n) is 3.49. The summed E-state index contributed by atoms with van der Waals surface area (Å²) in [5, 5.41) is 0. The van der Waals surface area contributed by atoms with Crippen LogP contribution in [0.3, 0.4) is 0 Å². The summed E-state index contributed by atoms with van der Waals surface area (Å²) in [4.78, 5) is 2.22. The van der Waals surface area contributed by atoms with E-state index in [0.29, 0.717) is 6.04 Å². The van der Waals surface area contributed by atoms with E-state index in [-0.39, 0.29) is 6.04 Å². The summed E-state index contributed by atoms with van der Waals surface area (Å²) in [7, 11) is 2.06. The maximum absolute atomic E-state index is 14.0. The molecule has 0 spiro atoms. The molecule has 2 heteroatoms. The molecule has 1 aliphatic heterocycles. The standard InChI is InChI=1S/C9H16FN/c1-7-6-9(10)5-3-4-8(9)11(7)2/h7-8H,3-6H2,1-2H3. The van der Waals surface area contributed by atoms with Gasteiger partial charge in [0.2, 0.25) is 0 Å². The highest BCUT2D eigenvalue weighted by Gasteiger charge is 2.52. The van der Waals surface area contributed by atoms with Gasteiger partial charge in [-0.05, 0) is 39.7 Å². The normalized spacial score (nSPS) is 51.5. The molecule has 0 bridgehead atoms. The van der Waals surface area contributed by atoms with Gasteiger partial charge in [0.25, 0.3) is 0 Å². The lowest BCUT2D eigenvalue weighted by molar-refractivity contribution is 0.134. The minimum atomic E-state index is -0.825. The Balaban J connectivity index is 2.21. The van der Waals surface area contributed by atoms with Crippen LogP contribution in [0.4, 0.5) is 4.39 Å². The fourth-order valence-corrected chi connectivity index (χ4v) is 2.76. The quantitative estimate of drug-likeness (QED) is 0.519. The van der Waals surface area contributed by atoms with E-state index in [9.17, 15) is 4.39 Å². The summed E-state index contributed by atoms with van der Waals surface area (Å²) < 4.78 is 14.0. The van der Waals surface area contributed by atoms with E-state index >= 15 is 0 Å². The Labute approximate surface area is 67.6 Å². The van der Waals surface area contributed by atoms with Gasteiger partial charge < -0.3 is 0 Å². The molecule has 0 N–H and O–H groups in total. The van der Waals surface area contributed by atoms with Crippen molar-refractivity contribution in [3.63, 3.8) is 0 Å². The summed E-state index contributed by atoms with van der Waals surface area (Å²) in [6.07, 6.45) is 3.70. The third-order valence-corrected chi connectivity index (χ3v) is 3.49. The van der Waals surface area contributed by atoms with E-state index in [1.807, 2.05) is 0 Å². The molecule has 2 fully saturated rings. The molecule has 0 amide bonds. The van der Waals surface area contributed by atoms with Gasteiger partial charge in [0.1, 0.15) is 5.67 Å². The van der Waals surface area contributed by atoms with Crippen LogP contribution in [0.5, 0.6) is 0 Å². The second-order valence-electron chi connectivity index (χ2n) is 4.16. The van der Waals surface area contributed by atoms with E-state index in [0.717, 1.165) is 25.7 Å². The minimum absolute atomic E-state index is 0.234. The van der Waals surface area contributed by atoms with Crippen molar-refractivity contribution in [3.8, 4) is 0 Å². The third kappa shape index (κ3) is 0.919. The van der Waals surface area contributed by atoms with Crippen molar-refractivity contribution in [1.82, 2.24) is 4.90 Å². The Hall–Kier alpha value is -0.110. The molecular weight excluding hydrogens is 141 g/mol. The number of fused-ring (bicyclic) bond motifs is 1. The Morgan fingerprint density at radius 2 is 2.27 bits per heavy atom. The summed E-state index contributed by atoms with van der Waals surface area (Å²) in [5.41, 5.74) is -0.825. The first-order chi connectivity index (χ1) is 5.13. The highest BCUT2D eigenvalue weighted by Crippen LogP contribution is 2.46. The zero-order valence-electron chi connectivity index (χ0n) is 7.31. The van der Waals surface area contributed by atoms with Crippen LogP contribution >= 0.6 is 0 Å². The van der Waals surface area contributed by atoms with Crippen LogP contribution in [0, 0.1) is 0 Å². The predicted octanol–water partition coefficient (Wildman–Crippen LogP) is 1.97. The molecular formula is C9H16FN. The number of alkyl halides is 1. The summed E-state index contributed by atoms with van der Waals surface area (Å²) in [6.45, 7) is 2.12. The second kappa shape index (κ2) is 2.19. The number of nitrogens with zero attached hydrogens (tertiary/aromatic N) is 1. The van der Waals surface area contributed by atoms with Crippen LogP contribution in [0.15, 0.2) is 0 Å². The van der Waals surface area contributed by atoms with Crippen LogP contribution in [-0.2, 0) is 0 Å². The molecule has 3 unspecified atom stereocenters. The van der Waals surface area contributed by atoms with Crippen LogP contribution in [0.2, 0.25) is 0 Å². The lowest BCUT2D eigenvalue weighted by atomic mass is 9.99. The number of likely N-dealkylation sites (tertiary alicyclic amines) is 1. The topological polar surface area (TPSA) is 3.24 Å². The average Bonchev–Trinajstić information content (AvgIpc) is 2.36. The fraction of sp³-hybridized carbons (Fsp3) is 1.00. The van der Waals surface area contributed by atoms with Gasteiger partial charge in [-0.3, -0.25) is 4.90 Å². The zero-order valence-corrected chi connectivity index (χ0v) is 7.31. The zero-order chi connectivity index (χ0) is 8.06. The second-order valence-corrected chi connectivity index (χ2v) is 4.16. The van der Waals surface area contributed by atoms with E-state index in [2.05, 4.69) is 18.9 Å². The highest BCUT2D eigenvalue weighted by atomic mass is 19.1. The minimum Gasteiger partial charge on any atom is -0.297 e. The first kappa shape index (κ1) is 7.53. The van der Waals surface area contributed by atoms with Gasteiger partial charge in [-0.25, -0.2) is 4.39 Å². The number of rotatable bonds is 0. The van der Waals surface area contributed by atoms with Crippen molar-refractivity contribution in [2.75, 3.05) is 7.05 Å². The molecule has 0 aromatic rings. The lowest BCUT2D eigenvalue weighted by Crippen LogP contribution is -2.35. The number of halogens is 1. The van der Waals surface area contributed by atoms with Crippen molar-refractivity contribution in [2.24, 2.45) is 0 Å². The first-order valence-electron chi connectivity index (χ1n) is 4.54. The fourth-order valence-electron chi connectivity index (χ4n) is 2.76. The van der Waals surface area contributed by atoms with E-state index in [1.165, 1.54) is 0 Å². The molecule has 1 saturated carbocycles. The molecule has 64 valence electrons. The van der Waals surface area contributed by atoms with Gasteiger partial charge in [0, 0.05) is 12.1 Å². The SMILES string of the molecule is CC1CC2(F)CCCC2N1C. The van der Waals surface area contributed by atoms with Crippen molar-refractivity contribution >= 4 is 0 Å². The maximum Gasteiger partial charge on any atom is 0.127 e. The summed E-state index contributed by atoms with van der Waals surface area (Å²) >= 11 is 0. The first-order valence-corrected chi connectivity index (χ1v) is 4.54. The molecule has 1 saturated heterocycles. The van der Waals surface area contributed by atoms with Crippen molar-refractivity contribution < 1.29 is 4.39 Å². The molecule has 1 nitrogen and oxygen atoms in total. The Morgan fingerprint density at radius 3 is 2.91 bits per heavy atom. The molecule has 11 heavy (non-hydrogen) atoms. The monoisotopic (exact) mass is 157 g/mol. The van der Waals surface area contributed by atoms with E-state index < -0.39 is 5.67 Å². The van der Waals surface area contributed by atoms with Crippen LogP contribution in [0.25, 0.3) is 0 Å². The molecule has 3 atom stereocenters. The van der Waals surface area contributed by atoms with Gasteiger partial charge in [-0.1, -0.05) is 0 Å².